The topological polar surface area (TPSA) is 95.8 Å². The highest BCUT2D eigenvalue weighted by Crippen LogP contribution is 2.32. The molecular formula is C23H20ClN5O. The molecule has 0 saturated heterocycles. The summed E-state index contributed by atoms with van der Waals surface area (Å²) in [7, 11) is 0. The van der Waals surface area contributed by atoms with E-state index in [1.165, 1.54) is 0 Å². The number of hydrogen-bond acceptors (Lipinski definition) is 3. The molecule has 6 nitrogen and oxygen atoms in total. The average molecular weight is 418 g/mol. The van der Waals surface area contributed by atoms with Crippen LogP contribution in [0.3, 0.4) is 0 Å². The van der Waals surface area contributed by atoms with E-state index in [1.54, 1.807) is 12.1 Å². The summed E-state index contributed by atoms with van der Waals surface area (Å²) in [6.45, 7) is 1.91. The van der Waals surface area contributed by atoms with Crippen LogP contribution in [0, 0.1) is 6.92 Å². The van der Waals surface area contributed by atoms with Crippen LogP contribution in [0.5, 0.6) is 0 Å². The molecule has 0 aliphatic rings. The van der Waals surface area contributed by atoms with E-state index in [0.717, 1.165) is 28.1 Å². The highest BCUT2D eigenvalue weighted by atomic mass is 35.5. The number of carbonyl (C=O) groups excluding carboxylic acids is 1. The van der Waals surface area contributed by atoms with Gasteiger partial charge in [0.2, 0.25) is 0 Å². The summed E-state index contributed by atoms with van der Waals surface area (Å²) in [6.07, 6.45) is 0. The first kappa shape index (κ1) is 19.5. The number of rotatable bonds is 4. The van der Waals surface area contributed by atoms with Crippen LogP contribution < -0.4 is 16.4 Å². The Balaban J connectivity index is 1.56. The second-order valence-electron chi connectivity index (χ2n) is 6.84. The summed E-state index contributed by atoms with van der Waals surface area (Å²) in [5.41, 5.74) is 11.5. The van der Waals surface area contributed by atoms with Gasteiger partial charge in [-0.1, -0.05) is 60.1 Å². The molecule has 3 aromatic carbocycles. The first-order chi connectivity index (χ1) is 14.5. The number of hydrogen-bond donors (Lipinski definition) is 4. The standard InChI is InChI=1S/C23H20ClN5O/c1-14-10-11-18(13-19(14)24)27-23(30)26-17-9-5-8-16(12-17)21-20(28-22(25)29-21)15-6-3-2-4-7-15/h2-13H,1H3,(H3,25,28,29)(H2,26,27,30). The number of imidazole rings is 1. The third-order valence-electron chi connectivity index (χ3n) is 4.61. The van der Waals surface area contributed by atoms with Gasteiger partial charge < -0.3 is 21.4 Å². The molecule has 30 heavy (non-hydrogen) atoms. The quantitative estimate of drug-likeness (QED) is 0.331. The molecule has 0 saturated carbocycles. The van der Waals surface area contributed by atoms with Crippen LogP contribution >= 0.6 is 11.6 Å². The second kappa shape index (κ2) is 8.31. The summed E-state index contributed by atoms with van der Waals surface area (Å²) in [5.74, 6) is 0.330. The van der Waals surface area contributed by atoms with Crippen molar-refractivity contribution in [1.29, 1.82) is 0 Å². The van der Waals surface area contributed by atoms with Gasteiger partial charge in [0.25, 0.3) is 0 Å². The lowest BCUT2D eigenvalue weighted by molar-refractivity contribution is 0.262. The van der Waals surface area contributed by atoms with Crippen molar-refractivity contribution in [3.63, 3.8) is 0 Å². The monoisotopic (exact) mass is 417 g/mol. The molecule has 1 heterocycles. The Labute approximate surface area is 179 Å². The van der Waals surface area contributed by atoms with Crippen LogP contribution in [0.1, 0.15) is 5.56 Å². The molecule has 0 aliphatic heterocycles. The van der Waals surface area contributed by atoms with Gasteiger partial charge in [-0.05, 0) is 36.8 Å². The molecule has 5 N–H and O–H groups in total. The zero-order valence-corrected chi connectivity index (χ0v) is 17.0. The number of halogens is 1. The predicted octanol–water partition coefficient (Wildman–Crippen LogP) is 5.93. The number of aryl methyl sites for hydroxylation is 1. The van der Waals surface area contributed by atoms with Gasteiger partial charge in [-0.15, -0.1) is 0 Å². The molecule has 0 radical (unpaired) electrons. The van der Waals surface area contributed by atoms with E-state index in [1.807, 2.05) is 67.6 Å². The van der Waals surface area contributed by atoms with Crippen molar-refractivity contribution in [1.82, 2.24) is 9.97 Å². The van der Waals surface area contributed by atoms with Crippen LogP contribution in [0.25, 0.3) is 22.5 Å². The zero-order chi connectivity index (χ0) is 21.1. The summed E-state index contributed by atoms with van der Waals surface area (Å²) in [5, 5.41) is 6.22. The Morgan fingerprint density at radius 2 is 1.63 bits per heavy atom. The van der Waals surface area contributed by atoms with Gasteiger partial charge in [-0.3, -0.25) is 0 Å². The highest BCUT2D eigenvalue weighted by Gasteiger charge is 2.14. The van der Waals surface area contributed by atoms with Crippen molar-refractivity contribution in [2.75, 3.05) is 16.4 Å². The third-order valence-corrected chi connectivity index (χ3v) is 5.02. The van der Waals surface area contributed by atoms with E-state index in [9.17, 15) is 4.79 Å². The normalized spacial score (nSPS) is 10.6. The molecule has 150 valence electrons. The summed E-state index contributed by atoms with van der Waals surface area (Å²) in [6, 6.07) is 22.3. The van der Waals surface area contributed by atoms with E-state index in [2.05, 4.69) is 20.6 Å². The van der Waals surface area contributed by atoms with E-state index in [0.29, 0.717) is 22.3 Å². The number of nitrogens with two attached hydrogens (primary N) is 1. The van der Waals surface area contributed by atoms with E-state index in [-0.39, 0.29) is 6.03 Å². The smallest absolute Gasteiger partial charge is 0.323 e. The van der Waals surface area contributed by atoms with Crippen molar-refractivity contribution in [2.45, 2.75) is 6.92 Å². The zero-order valence-electron chi connectivity index (χ0n) is 16.2. The SMILES string of the molecule is Cc1ccc(NC(=O)Nc2cccc(-c3[nH]c(N)nc3-c3ccccc3)c2)cc1Cl. The van der Waals surface area contributed by atoms with Gasteiger partial charge in [-0.25, -0.2) is 9.78 Å². The molecule has 4 aromatic rings. The number of urea groups is 1. The van der Waals surface area contributed by atoms with Crippen molar-refractivity contribution >= 4 is 35.0 Å². The molecule has 0 aliphatic carbocycles. The van der Waals surface area contributed by atoms with Crippen LogP contribution in [0.4, 0.5) is 22.1 Å². The van der Waals surface area contributed by atoms with Gasteiger partial charge in [-0.2, -0.15) is 0 Å². The molecule has 7 heteroatoms. The number of nitrogens with one attached hydrogen (secondary N) is 3. The van der Waals surface area contributed by atoms with Gasteiger partial charge >= 0.3 is 6.03 Å². The van der Waals surface area contributed by atoms with Crippen LogP contribution in [-0.2, 0) is 0 Å². The first-order valence-electron chi connectivity index (χ1n) is 9.35. The largest absolute Gasteiger partial charge is 0.369 e. The number of nitrogen functional groups attached to an aromatic ring is 1. The second-order valence-corrected chi connectivity index (χ2v) is 7.24. The van der Waals surface area contributed by atoms with Crippen molar-refractivity contribution in [3.05, 3.63) is 83.4 Å². The number of amides is 2. The number of anilines is 3. The van der Waals surface area contributed by atoms with Crippen molar-refractivity contribution in [2.24, 2.45) is 0 Å². The number of H-pyrrole nitrogens is 1. The van der Waals surface area contributed by atoms with Gasteiger partial charge in [0, 0.05) is 27.5 Å². The van der Waals surface area contributed by atoms with Crippen LogP contribution in [0.15, 0.2) is 72.8 Å². The van der Waals surface area contributed by atoms with Gasteiger partial charge in [0.05, 0.1) is 11.4 Å². The molecule has 0 spiro atoms. The molecular weight excluding hydrogens is 398 g/mol. The maximum atomic E-state index is 12.4. The molecule has 0 atom stereocenters. The Hall–Kier alpha value is -3.77. The lowest BCUT2D eigenvalue weighted by Crippen LogP contribution is -2.19. The number of aromatic amines is 1. The fourth-order valence-electron chi connectivity index (χ4n) is 3.12. The first-order valence-corrected chi connectivity index (χ1v) is 9.73. The summed E-state index contributed by atoms with van der Waals surface area (Å²) < 4.78 is 0. The Bertz CT molecular complexity index is 1200. The number of aromatic nitrogens is 2. The average Bonchev–Trinajstić information content (AvgIpc) is 3.13. The fourth-order valence-corrected chi connectivity index (χ4v) is 3.30. The maximum absolute atomic E-state index is 12.4. The van der Waals surface area contributed by atoms with Crippen LogP contribution in [-0.4, -0.2) is 16.0 Å². The lowest BCUT2D eigenvalue weighted by atomic mass is 10.0. The molecule has 1 aromatic heterocycles. The molecule has 2 amide bonds. The number of nitrogens with zero attached hydrogens (tertiary/aromatic N) is 1. The Morgan fingerprint density at radius 1 is 0.933 bits per heavy atom. The van der Waals surface area contributed by atoms with Gasteiger partial charge in [0.1, 0.15) is 0 Å². The fraction of sp³-hybridized carbons (Fsp3) is 0.0435. The predicted molar refractivity (Wildman–Crippen MR) is 123 cm³/mol. The minimum absolute atomic E-state index is 0.330. The van der Waals surface area contributed by atoms with E-state index < -0.39 is 0 Å². The summed E-state index contributed by atoms with van der Waals surface area (Å²) in [4.78, 5) is 20.0. The number of carbonyl (C=O) groups is 1. The minimum Gasteiger partial charge on any atom is -0.369 e. The van der Waals surface area contributed by atoms with Crippen LogP contribution in [0.2, 0.25) is 5.02 Å². The summed E-state index contributed by atoms with van der Waals surface area (Å²) >= 11 is 6.12. The van der Waals surface area contributed by atoms with Crippen molar-refractivity contribution < 1.29 is 4.79 Å². The molecule has 4 rings (SSSR count). The van der Waals surface area contributed by atoms with Gasteiger partial charge in [0.15, 0.2) is 5.95 Å². The van der Waals surface area contributed by atoms with E-state index in [4.69, 9.17) is 17.3 Å². The Morgan fingerprint density at radius 3 is 2.37 bits per heavy atom. The third kappa shape index (κ3) is 4.29. The number of benzene rings is 3. The highest BCUT2D eigenvalue weighted by molar-refractivity contribution is 6.31. The van der Waals surface area contributed by atoms with Crippen molar-refractivity contribution in [3.8, 4) is 22.5 Å². The van der Waals surface area contributed by atoms with E-state index >= 15 is 0 Å². The molecule has 0 unspecified atom stereocenters. The maximum Gasteiger partial charge on any atom is 0.323 e. The lowest BCUT2D eigenvalue weighted by Gasteiger charge is -2.10. The molecule has 0 fully saturated rings. The minimum atomic E-state index is -0.362. The molecule has 0 bridgehead atoms. The Kier molecular flexibility index (Phi) is 5.41.